The minimum absolute atomic E-state index is 0.0357. The van der Waals surface area contributed by atoms with Crippen LogP contribution in [-0.4, -0.2) is 39.4 Å². The standard InChI is InChI=1S/C35H31N3O7/c1-22-16-17-29(23(2)20-22)44-19-9-18-38-32(36-28-14-7-4-11-25(28)34(38)41)31(45-30-15-8-5-12-26(30)35(42)43)33(40)37-27-13-6-3-10-24(27)21-39/h3-8,10-17,20-21,31H,9,18-19H2,1-2H3,(H,37,40)(H,42,43). The van der Waals surface area contributed by atoms with Crippen LogP contribution in [-0.2, 0) is 11.3 Å². The fourth-order valence-corrected chi connectivity index (χ4v) is 4.98. The number of ether oxygens (including phenoxy) is 2. The van der Waals surface area contributed by atoms with Crippen molar-refractivity contribution in [3.8, 4) is 11.5 Å². The lowest BCUT2D eigenvalue weighted by Crippen LogP contribution is -2.35. The number of aromatic carboxylic acids is 1. The molecule has 0 aliphatic heterocycles. The van der Waals surface area contributed by atoms with Crippen molar-refractivity contribution in [2.75, 3.05) is 11.9 Å². The molecule has 228 valence electrons. The van der Waals surface area contributed by atoms with Gasteiger partial charge in [-0.2, -0.15) is 0 Å². The summed E-state index contributed by atoms with van der Waals surface area (Å²) in [6, 6.07) is 24.9. The van der Waals surface area contributed by atoms with Gasteiger partial charge < -0.3 is 19.9 Å². The van der Waals surface area contributed by atoms with Gasteiger partial charge in [0.05, 0.1) is 23.2 Å². The lowest BCUT2D eigenvalue weighted by molar-refractivity contribution is -0.123. The van der Waals surface area contributed by atoms with Crippen LogP contribution in [0.4, 0.5) is 5.69 Å². The summed E-state index contributed by atoms with van der Waals surface area (Å²) >= 11 is 0. The molecule has 0 spiro atoms. The van der Waals surface area contributed by atoms with Gasteiger partial charge in [-0.3, -0.25) is 19.0 Å². The van der Waals surface area contributed by atoms with Crippen molar-refractivity contribution in [3.05, 3.63) is 129 Å². The molecular formula is C35H31N3O7. The zero-order chi connectivity index (χ0) is 31.9. The van der Waals surface area contributed by atoms with Crippen LogP contribution in [0.2, 0.25) is 0 Å². The van der Waals surface area contributed by atoms with Gasteiger partial charge in [-0.15, -0.1) is 0 Å². The van der Waals surface area contributed by atoms with Gasteiger partial charge in [-0.05, 0) is 68.3 Å². The lowest BCUT2D eigenvalue weighted by atomic mass is 10.1. The largest absolute Gasteiger partial charge is 0.493 e. The number of carbonyl (C=O) groups is 3. The van der Waals surface area contributed by atoms with Crippen molar-refractivity contribution in [2.24, 2.45) is 0 Å². The molecule has 0 saturated carbocycles. The van der Waals surface area contributed by atoms with E-state index in [4.69, 9.17) is 14.5 Å². The van der Waals surface area contributed by atoms with Gasteiger partial charge in [0.1, 0.15) is 17.1 Å². The highest BCUT2D eigenvalue weighted by molar-refractivity contribution is 5.99. The van der Waals surface area contributed by atoms with Crippen molar-refractivity contribution in [1.29, 1.82) is 0 Å². The minimum atomic E-state index is -1.58. The number of carboxylic acid groups (broad SMARTS) is 1. The zero-order valence-corrected chi connectivity index (χ0v) is 24.7. The number of carboxylic acids is 1. The summed E-state index contributed by atoms with van der Waals surface area (Å²) in [6.07, 6.45) is -0.595. The number of amides is 1. The summed E-state index contributed by atoms with van der Waals surface area (Å²) in [4.78, 5) is 56.2. The Bertz CT molecular complexity index is 1950. The number of carbonyl (C=O) groups excluding carboxylic acids is 2. The number of benzene rings is 4. The van der Waals surface area contributed by atoms with E-state index in [0.717, 1.165) is 16.9 Å². The Morgan fingerprint density at radius 3 is 2.47 bits per heavy atom. The van der Waals surface area contributed by atoms with E-state index < -0.39 is 23.5 Å². The molecule has 5 rings (SSSR count). The van der Waals surface area contributed by atoms with Crippen LogP contribution in [0.5, 0.6) is 11.5 Å². The Hall–Kier alpha value is -5.77. The number of aryl methyl sites for hydroxylation is 2. The number of hydrogen-bond donors (Lipinski definition) is 2. The average molecular weight is 606 g/mol. The number of rotatable bonds is 12. The molecule has 2 N–H and O–H groups in total. The van der Waals surface area contributed by atoms with Crippen LogP contribution in [0.25, 0.3) is 10.9 Å². The number of nitrogens with one attached hydrogen (secondary N) is 1. The number of nitrogens with zero attached hydrogens (tertiary/aromatic N) is 2. The molecular weight excluding hydrogens is 574 g/mol. The van der Waals surface area contributed by atoms with E-state index in [-0.39, 0.29) is 41.5 Å². The fourth-order valence-electron chi connectivity index (χ4n) is 4.98. The molecule has 1 aromatic heterocycles. The maximum absolute atomic E-state index is 14.0. The Balaban J connectivity index is 1.56. The van der Waals surface area contributed by atoms with Crippen LogP contribution >= 0.6 is 0 Å². The molecule has 1 atom stereocenters. The highest BCUT2D eigenvalue weighted by atomic mass is 16.5. The molecule has 1 amide bonds. The molecule has 0 aliphatic rings. The van der Waals surface area contributed by atoms with Gasteiger partial charge in [-0.25, -0.2) is 9.78 Å². The molecule has 10 heteroatoms. The second kappa shape index (κ2) is 13.7. The van der Waals surface area contributed by atoms with Gasteiger partial charge in [-0.1, -0.05) is 54.1 Å². The molecule has 5 aromatic rings. The fraction of sp³-hybridized carbons (Fsp3) is 0.171. The number of fused-ring (bicyclic) bond motifs is 1. The monoisotopic (exact) mass is 605 g/mol. The highest BCUT2D eigenvalue weighted by Crippen LogP contribution is 2.28. The first-order valence-corrected chi connectivity index (χ1v) is 14.3. The summed E-state index contributed by atoms with van der Waals surface area (Å²) < 4.78 is 13.5. The number of anilines is 1. The second-order valence-electron chi connectivity index (χ2n) is 10.4. The Morgan fingerprint density at radius 1 is 0.956 bits per heavy atom. The van der Waals surface area contributed by atoms with E-state index in [1.165, 1.54) is 28.8 Å². The van der Waals surface area contributed by atoms with Crippen molar-refractivity contribution in [1.82, 2.24) is 9.55 Å². The van der Waals surface area contributed by atoms with E-state index in [2.05, 4.69) is 5.32 Å². The Morgan fingerprint density at radius 2 is 1.69 bits per heavy atom. The molecule has 1 unspecified atom stereocenters. The van der Waals surface area contributed by atoms with E-state index in [1.54, 1.807) is 48.5 Å². The minimum Gasteiger partial charge on any atom is -0.493 e. The molecule has 0 radical (unpaired) electrons. The Labute approximate surface area is 258 Å². The maximum Gasteiger partial charge on any atom is 0.339 e. The van der Waals surface area contributed by atoms with Gasteiger partial charge in [0, 0.05) is 12.1 Å². The summed E-state index contributed by atoms with van der Waals surface area (Å²) in [5.74, 6) is -1.42. The molecule has 0 fully saturated rings. The molecule has 0 saturated heterocycles. The summed E-state index contributed by atoms with van der Waals surface area (Å²) in [7, 11) is 0. The Kier molecular flexibility index (Phi) is 9.33. The molecule has 4 aromatic carbocycles. The van der Waals surface area contributed by atoms with E-state index in [1.807, 2.05) is 32.0 Å². The number of aromatic nitrogens is 2. The highest BCUT2D eigenvalue weighted by Gasteiger charge is 2.31. The van der Waals surface area contributed by atoms with Crippen molar-refractivity contribution in [3.63, 3.8) is 0 Å². The maximum atomic E-state index is 14.0. The number of aldehydes is 1. The average Bonchev–Trinajstić information content (AvgIpc) is 3.04. The third-order valence-corrected chi connectivity index (χ3v) is 7.19. The van der Waals surface area contributed by atoms with Crippen molar-refractivity contribution >= 4 is 34.8 Å². The first-order chi connectivity index (χ1) is 21.8. The topological polar surface area (TPSA) is 137 Å². The van der Waals surface area contributed by atoms with Crippen LogP contribution in [0.1, 0.15) is 50.2 Å². The molecule has 1 heterocycles. The predicted octanol–water partition coefficient (Wildman–Crippen LogP) is 5.75. The third kappa shape index (κ3) is 6.91. The van der Waals surface area contributed by atoms with Crippen LogP contribution in [0, 0.1) is 13.8 Å². The normalized spacial score (nSPS) is 11.5. The van der Waals surface area contributed by atoms with E-state index >= 15 is 0 Å². The van der Waals surface area contributed by atoms with Gasteiger partial charge in [0.2, 0.25) is 6.10 Å². The zero-order valence-electron chi connectivity index (χ0n) is 24.7. The first kappa shape index (κ1) is 30.7. The van der Waals surface area contributed by atoms with E-state index in [0.29, 0.717) is 23.6 Å². The third-order valence-electron chi connectivity index (χ3n) is 7.19. The molecule has 45 heavy (non-hydrogen) atoms. The lowest BCUT2D eigenvalue weighted by Gasteiger charge is -2.23. The smallest absolute Gasteiger partial charge is 0.339 e. The molecule has 0 aliphatic carbocycles. The van der Waals surface area contributed by atoms with Gasteiger partial charge in [0.15, 0.2) is 12.1 Å². The summed E-state index contributed by atoms with van der Waals surface area (Å²) in [5, 5.41) is 12.8. The number of para-hydroxylation sites is 3. The second-order valence-corrected chi connectivity index (χ2v) is 10.4. The number of hydrogen-bond acceptors (Lipinski definition) is 7. The van der Waals surface area contributed by atoms with Crippen LogP contribution in [0.15, 0.2) is 95.8 Å². The predicted molar refractivity (Wildman–Crippen MR) is 169 cm³/mol. The van der Waals surface area contributed by atoms with Crippen molar-refractivity contribution < 1.29 is 29.0 Å². The summed E-state index contributed by atoms with van der Waals surface area (Å²) in [6.45, 7) is 4.35. The van der Waals surface area contributed by atoms with Crippen LogP contribution in [0.3, 0.4) is 0 Å². The van der Waals surface area contributed by atoms with Crippen LogP contribution < -0.4 is 20.3 Å². The first-order valence-electron chi connectivity index (χ1n) is 14.3. The molecule has 0 bridgehead atoms. The quantitative estimate of drug-likeness (QED) is 0.135. The SMILES string of the molecule is Cc1ccc(OCCCn2c(C(Oc3ccccc3C(=O)O)C(=O)Nc3ccccc3C=O)nc3ccccc3c2=O)c(C)c1. The summed E-state index contributed by atoms with van der Waals surface area (Å²) in [5.41, 5.74) is 2.29. The van der Waals surface area contributed by atoms with E-state index in [9.17, 15) is 24.3 Å². The van der Waals surface area contributed by atoms with Gasteiger partial charge in [0.25, 0.3) is 11.5 Å². The van der Waals surface area contributed by atoms with Gasteiger partial charge >= 0.3 is 5.97 Å². The van der Waals surface area contributed by atoms with Crippen molar-refractivity contribution in [2.45, 2.75) is 32.9 Å². The molecule has 10 nitrogen and oxygen atoms in total.